The van der Waals surface area contributed by atoms with E-state index >= 15 is 0 Å². The molecule has 2 unspecified atom stereocenters. The van der Waals surface area contributed by atoms with E-state index in [1.807, 2.05) is 0 Å². The van der Waals surface area contributed by atoms with E-state index < -0.39 is 0 Å². The topological polar surface area (TPSA) is 39.7 Å². The molecule has 2 atom stereocenters. The van der Waals surface area contributed by atoms with Gasteiger partial charge in [0.05, 0.1) is 18.8 Å². The Morgan fingerprint density at radius 3 is 3.06 bits per heavy atom. The lowest BCUT2D eigenvalue weighted by Crippen LogP contribution is -2.41. The van der Waals surface area contributed by atoms with E-state index in [2.05, 4.69) is 5.32 Å². The maximum absolute atomic E-state index is 5.94. The number of nitrogens with one attached hydrogen (secondary N) is 1. The normalized spacial score (nSPS) is 33.4. The van der Waals surface area contributed by atoms with Crippen molar-refractivity contribution in [1.82, 2.24) is 5.32 Å². The van der Waals surface area contributed by atoms with E-state index in [9.17, 15) is 0 Å². The molecule has 1 spiro atoms. The Morgan fingerprint density at radius 2 is 2.29 bits per heavy atom. The Bertz CT molecular complexity index is 217. The van der Waals surface area contributed by atoms with Crippen LogP contribution in [-0.2, 0) is 14.2 Å². The summed E-state index contributed by atoms with van der Waals surface area (Å²) < 4.78 is 16.4. The van der Waals surface area contributed by atoms with Crippen LogP contribution < -0.4 is 5.32 Å². The molecule has 0 aromatic carbocycles. The molecule has 2 aliphatic heterocycles. The Morgan fingerprint density at radius 1 is 1.35 bits per heavy atom. The molecule has 4 nitrogen and oxygen atoms in total. The van der Waals surface area contributed by atoms with Crippen molar-refractivity contribution in [2.75, 3.05) is 46.6 Å². The van der Waals surface area contributed by atoms with Gasteiger partial charge in [0.25, 0.3) is 0 Å². The highest BCUT2D eigenvalue weighted by Crippen LogP contribution is 2.36. The summed E-state index contributed by atoms with van der Waals surface area (Å²) in [5, 5.41) is 3.42. The van der Waals surface area contributed by atoms with Crippen LogP contribution in [0.3, 0.4) is 0 Å². The quantitative estimate of drug-likeness (QED) is 0.712. The monoisotopic (exact) mass is 243 g/mol. The van der Waals surface area contributed by atoms with Gasteiger partial charge in [0.2, 0.25) is 0 Å². The van der Waals surface area contributed by atoms with Gasteiger partial charge in [-0.2, -0.15) is 0 Å². The van der Waals surface area contributed by atoms with Crippen molar-refractivity contribution < 1.29 is 14.2 Å². The molecule has 1 N–H and O–H groups in total. The second-order valence-corrected chi connectivity index (χ2v) is 5.22. The van der Waals surface area contributed by atoms with Crippen LogP contribution in [-0.4, -0.2) is 52.2 Å². The molecule has 100 valence electrons. The van der Waals surface area contributed by atoms with Crippen LogP contribution in [0.25, 0.3) is 0 Å². The summed E-state index contributed by atoms with van der Waals surface area (Å²) in [6.07, 6.45) is 4.71. The second kappa shape index (κ2) is 6.69. The van der Waals surface area contributed by atoms with Crippen LogP contribution in [0.4, 0.5) is 0 Å². The average molecular weight is 243 g/mol. The summed E-state index contributed by atoms with van der Waals surface area (Å²) in [6, 6.07) is 0. The minimum Gasteiger partial charge on any atom is -0.383 e. The number of hydrogen-bond acceptors (Lipinski definition) is 4. The molecule has 2 aliphatic rings. The highest BCUT2D eigenvalue weighted by Gasteiger charge is 2.40. The molecule has 0 bridgehead atoms. The van der Waals surface area contributed by atoms with Crippen LogP contribution in [0, 0.1) is 5.92 Å². The zero-order valence-electron chi connectivity index (χ0n) is 10.9. The van der Waals surface area contributed by atoms with Gasteiger partial charge in [0.1, 0.15) is 0 Å². The Balaban J connectivity index is 1.63. The highest BCUT2D eigenvalue weighted by molar-refractivity contribution is 4.90. The predicted molar refractivity (Wildman–Crippen MR) is 66.2 cm³/mol. The van der Waals surface area contributed by atoms with Gasteiger partial charge in [-0.05, 0) is 31.7 Å². The summed E-state index contributed by atoms with van der Waals surface area (Å²) in [5.41, 5.74) is 0.0649. The third-order valence-corrected chi connectivity index (χ3v) is 3.87. The first-order valence-electron chi connectivity index (χ1n) is 6.76. The van der Waals surface area contributed by atoms with Crippen molar-refractivity contribution in [3.63, 3.8) is 0 Å². The standard InChI is InChI=1S/C13H25NO3/c1-15-9-6-14-5-2-12-3-7-17-13(10-12)4-8-16-11-13/h12,14H,2-11H2,1H3. The van der Waals surface area contributed by atoms with Crippen molar-refractivity contribution in [1.29, 1.82) is 0 Å². The van der Waals surface area contributed by atoms with Gasteiger partial charge in [0, 0.05) is 33.3 Å². The van der Waals surface area contributed by atoms with Crippen LogP contribution in [0.5, 0.6) is 0 Å². The van der Waals surface area contributed by atoms with Gasteiger partial charge in [-0.1, -0.05) is 0 Å². The maximum Gasteiger partial charge on any atom is 0.0939 e. The van der Waals surface area contributed by atoms with Crippen molar-refractivity contribution >= 4 is 0 Å². The van der Waals surface area contributed by atoms with E-state index in [-0.39, 0.29) is 5.60 Å². The lowest BCUT2D eigenvalue weighted by Gasteiger charge is -2.37. The summed E-state index contributed by atoms with van der Waals surface area (Å²) >= 11 is 0. The average Bonchev–Trinajstić information content (AvgIpc) is 2.77. The first-order valence-corrected chi connectivity index (χ1v) is 6.76. The minimum atomic E-state index is 0.0649. The molecule has 0 aromatic heterocycles. The Kier molecular flexibility index (Phi) is 5.22. The van der Waals surface area contributed by atoms with Crippen LogP contribution in [0.2, 0.25) is 0 Å². The predicted octanol–water partition coefficient (Wildman–Crippen LogP) is 1.20. The number of hydrogen-bond donors (Lipinski definition) is 1. The third kappa shape index (κ3) is 3.91. The van der Waals surface area contributed by atoms with Crippen molar-refractivity contribution in [2.45, 2.75) is 31.3 Å². The minimum absolute atomic E-state index is 0.0649. The maximum atomic E-state index is 5.94. The molecule has 0 radical (unpaired) electrons. The van der Waals surface area contributed by atoms with Crippen LogP contribution >= 0.6 is 0 Å². The van der Waals surface area contributed by atoms with Gasteiger partial charge in [0.15, 0.2) is 0 Å². The molecule has 0 saturated carbocycles. The number of rotatable bonds is 6. The Hall–Kier alpha value is -0.160. The van der Waals surface area contributed by atoms with Gasteiger partial charge >= 0.3 is 0 Å². The Labute approximate surface area is 104 Å². The van der Waals surface area contributed by atoms with E-state index in [0.717, 1.165) is 51.9 Å². The van der Waals surface area contributed by atoms with Gasteiger partial charge in [-0.15, -0.1) is 0 Å². The lowest BCUT2D eigenvalue weighted by molar-refractivity contribution is -0.0986. The molecule has 17 heavy (non-hydrogen) atoms. The molecular formula is C13H25NO3. The van der Waals surface area contributed by atoms with Gasteiger partial charge in [-0.25, -0.2) is 0 Å². The molecule has 2 saturated heterocycles. The molecule has 0 aromatic rings. The molecule has 2 heterocycles. The fourth-order valence-corrected chi connectivity index (χ4v) is 2.84. The summed E-state index contributed by atoms with van der Waals surface area (Å²) in [7, 11) is 1.74. The summed E-state index contributed by atoms with van der Waals surface area (Å²) in [5.74, 6) is 0.792. The van der Waals surface area contributed by atoms with Crippen LogP contribution in [0.15, 0.2) is 0 Å². The smallest absolute Gasteiger partial charge is 0.0939 e. The zero-order chi connectivity index (χ0) is 12.0. The van der Waals surface area contributed by atoms with Crippen molar-refractivity contribution in [3.8, 4) is 0 Å². The zero-order valence-corrected chi connectivity index (χ0v) is 10.9. The number of ether oxygens (including phenoxy) is 3. The molecule has 2 fully saturated rings. The van der Waals surface area contributed by atoms with Crippen molar-refractivity contribution in [2.24, 2.45) is 5.92 Å². The van der Waals surface area contributed by atoms with E-state index in [4.69, 9.17) is 14.2 Å². The lowest BCUT2D eigenvalue weighted by atomic mass is 9.83. The number of methoxy groups -OCH3 is 1. The molecular weight excluding hydrogens is 218 g/mol. The molecule has 2 rings (SSSR count). The summed E-state index contributed by atoms with van der Waals surface area (Å²) in [4.78, 5) is 0. The van der Waals surface area contributed by atoms with Crippen LogP contribution in [0.1, 0.15) is 25.7 Å². The molecule has 4 heteroatoms. The SMILES string of the molecule is COCCNCCC1CCOC2(CCOC2)C1. The van der Waals surface area contributed by atoms with E-state index in [1.54, 1.807) is 7.11 Å². The second-order valence-electron chi connectivity index (χ2n) is 5.22. The largest absolute Gasteiger partial charge is 0.383 e. The highest BCUT2D eigenvalue weighted by atomic mass is 16.6. The van der Waals surface area contributed by atoms with Crippen molar-refractivity contribution in [3.05, 3.63) is 0 Å². The summed E-state index contributed by atoms with van der Waals surface area (Å²) in [6.45, 7) is 5.43. The van der Waals surface area contributed by atoms with E-state index in [0.29, 0.717) is 0 Å². The van der Waals surface area contributed by atoms with Gasteiger partial charge < -0.3 is 19.5 Å². The first kappa shape index (κ1) is 13.3. The van der Waals surface area contributed by atoms with Gasteiger partial charge in [-0.3, -0.25) is 0 Å². The van der Waals surface area contributed by atoms with E-state index in [1.165, 1.54) is 19.3 Å². The molecule has 0 amide bonds. The fourth-order valence-electron chi connectivity index (χ4n) is 2.84. The first-order chi connectivity index (χ1) is 8.35. The fraction of sp³-hybridized carbons (Fsp3) is 1.00. The third-order valence-electron chi connectivity index (χ3n) is 3.87. The molecule has 0 aliphatic carbocycles.